The van der Waals surface area contributed by atoms with E-state index in [4.69, 9.17) is 5.11 Å². The van der Waals surface area contributed by atoms with Crippen molar-refractivity contribution in [3.05, 3.63) is 12.0 Å². The van der Waals surface area contributed by atoms with E-state index in [9.17, 15) is 0 Å². The van der Waals surface area contributed by atoms with Crippen molar-refractivity contribution in [2.75, 3.05) is 6.54 Å². The highest BCUT2D eigenvalue weighted by molar-refractivity contribution is 4.83. The molecule has 2 nitrogen and oxygen atoms in total. The summed E-state index contributed by atoms with van der Waals surface area (Å²) in [5.74, 6) is 0.970. The van der Waals surface area contributed by atoms with E-state index in [1.807, 2.05) is 0 Å². The summed E-state index contributed by atoms with van der Waals surface area (Å²) in [6.45, 7) is 6.98. The zero-order chi connectivity index (χ0) is 7.98. The molecule has 2 heteroatoms. The fourth-order valence-electron chi connectivity index (χ4n) is 0.591. The molecule has 0 aromatic rings. The summed E-state index contributed by atoms with van der Waals surface area (Å²) < 4.78 is 0. The van der Waals surface area contributed by atoms with E-state index in [1.54, 1.807) is 13.0 Å². The molecule has 0 unspecified atom stereocenters. The Balaban J connectivity index is 3.20. The van der Waals surface area contributed by atoms with Crippen molar-refractivity contribution in [2.24, 2.45) is 5.92 Å². The van der Waals surface area contributed by atoms with Gasteiger partial charge in [0.2, 0.25) is 0 Å². The maximum absolute atomic E-state index is 8.92. The highest BCUT2D eigenvalue weighted by Crippen LogP contribution is 1.96. The van der Waals surface area contributed by atoms with Gasteiger partial charge in [-0.15, -0.1) is 0 Å². The number of aliphatic hydroxyl groups excluding tert-OH is 1. The minimum Gasteiger partial charge on any atom is -0.495 e. The lowest BCUT2D eigenvalue weighted by Gasteiger charge is -2.05. The molecule has 0 atom stereocenters. The minimum absolute atomic E-state index is 0.278. The first kappa shape index (κ1) is 9.34. The molecule has 0 amide bonds. The van der Waals surface area contributed by atoms with Crippen LogP contribution in [0.2, 0.25) is 0 Å². The second kappa shape index (κ2) is 5.15. The number of hydrogen-bond acceptors (Lipinski definition) is 2. The van der Waals surface area contributed by atoms with E-state index < -0.39 is 0 Å². The topological polar surface area (TPSA) is 32.3 Å². The van der Waals surface area contributed by atoms with Crippen LogP contribution in [0.3, 0.4) is 0 Å². The molecule has 0 aromatic carbocycles. The molecule has 0 bridgehead atoms. The molecule has 0 aromatic heterocycles. The first-order valence-corrected chi connectivity index (χ1v) is 3.76. The predicted octanol–water partition coefficient (Wildman–Crippen LogP) is 2.04. The molecule has 2 N–H and O–H groups in total. The van der Waals surface area contributed by atoms with Crippen molar-refractivity contribution in [2.45, 2.75) is 27.2 Å². The van der Waals surface area contributed by atoms with Gasteiger partial charge in [-0.25, -0.2) is 0 Å². The van der Waals surface area contributed by atoms with Crippen molar-refractivity contribution < 1.29 is 5.11 Å². The second-order valence-electron chi connectivity index (χ2n) is 2.78. The summed E-state index contributed by atoms with van der Waals surface area (Å²) >= 11 is 0. The summed E-state index contributed by atoms with van der Waals surface area (Å²) in [4.78, 5) is 0. The van der Waals surface area contributed by atoms with Gasteiger partial charge in [0, 0.05) is 6.54 Å². The lowest BCUT2D eigenvalue weighted by molar-refractivity contribution is 0.356. The molecular weight excluding hydrogens is 126 g/mol. The third kappa shape index (κ3) is 5.48. The average Bonchev–Trinajstić information content (AvgIpc) is 1.87. The molecule has 0 aliphatic rings. The van der Waals surface area contributed by atoms with Crippen LogP contribution in [-0.2, 0) is 0 Å². The van der Waals surface area contributed by atoms with Crippen molar-refractivity contribution >= 4 is 0 Å². The Morgan fingerprint density at radius 2 is 2.20 bits per heavy atom. The quantitative estimate of drug-likeness (QED) is 0.590. The van der Waals surface area contributed by atoms with E-state index in [2.05, 4.69) is 19.2 Å². The fraction of sp³-hybridized carbons (Fsp3) is 0.750. The molecule has 0 radical (unpaired) electrons. The van der Waals surface area contributed by atoms with Crippen molar-refractivity contribution in [1.29, 1.82) is 0 Å². The Morgan fingerprint density at radius 3 is 2.60 bits per heavy atom. The van der Waals surface area contributed by atoms with Crippen LogP contribution in [0.5, 0.6) is 0 Å². The maximum Gasteiger partial charge on any atom is 0.179 e. The minimum atomic E-state index is 0.278. The van der Waals surface area contributed by atoms with Gasteiger partial charge >= 0.3 is 0 Å². The molecule has 0 fully saturated rings. The molecule has 0 aliphatic carbocycles. The van der Waals surface area contributed by atoms with Gasteiger partial charge in [0.05, 0.1) is 0 Å². The van der Waals surface area contributed by atoms with Gasteiger partial charge in [-0.05, 0) is 25.3 Å². The summed E-state index contributed by atoms with van der Waals surface area (Å²) in [6, 6.07) is 0. The third-order valence-electron chi connectivity index (χ3n) is 1.30. The summed E-state index contributed by atoms with van der Waals surface area (Å²) in [7, 11) is 0. The zero-order valence-corrected chi connectivity index (χ0v) is 7.02. The molecule has 0 saturated carbocycles. The Labute approximate surface area is 62.9 Å². The molecular formula is C8H17NO. The predicted molar refractivity (Wildman–Crippen MR) is 43.8 cm³/mol. The Hall–Kier alpha value is -0.660. The first-order chi connectivity index (χ1) is 4.66. The highest BCUT2D eigenvalue weighted by Gasteiger charge is 1.92. The van der Waals surface area contributed by atoms with E-state index in [0.29, 0.717) is 5.92 Å². The summed E-state index contributed by atoms with van der Waals surface area (Å²) in [6.07, 6.45) is 2.75. The van der Waals surface area contributed by atoms with Gasteiger partial charge in [0.1, 0.15) is 0 Å². The van der Waals surface area contributed by atoms with Gasteiger partial charge in [-0.3, -0.25) is 0 Å². The lowest BCUT2D eigenvalue weighted by atomic mass is 10.1. The number of nitrogens with one attached hydrogen (secondary N) is 1. The van der Waals surface area contributed by atoms with Gasteiger partial charge in [0.15, 0.2) is 5.88 Å². The number of aliphatic hydroxyl groups is 1. The molecule has 0 spiro atoms. The number of allylic oxidation sites excluding steroid dienone is 1. The van der Waals surface area contributed by atoms with E-state index in [-0.39, 0.29) is 5.88 Å². The lowest BCUT2D eigenvalue weighted by Crippen LogP contribution is -2.15. The van der Waals surface area contributed by atoms with Gasteiger partial charge < -0.3 is 10.4 Å². The SMILES string of the molecule is C/C=C(/O)NCCC(C)C. The van der Waals surface area contributed by atoms with Crippen molar-refractivity contribution in [1.82, 2.24) is 5.32 Å². The molecule has 0 aliphatic heterocycles. The molecule has 0 heterocycles. The first-order valence-electron chi connectivity index (χ1n) is 3.76. The van der Waals surface area contributed by atoms with Crippen LogP contribution in [0.15, 0.2) is 12.0 Å². The molecule has 0 rings (SSSR count). The van der Waals surface area contributed by atoms with Crippen LogP contribution in [0.4, 0.5) is 0 Å². The van der Waals surface area contributed by atoms with Crippen LogP contribution in [-0.4, -0.2) is 11.7 Å². The Morgan fingerprint density at radius 1 is 1.60 bits per heavy atom. The average molecular weight is 143 g/mol. The molecule has 0 saturated heterocycles. The van der Waals surface area contributed by atoms with E-state index in [1.165, 1.54) is 0 Å². The standard InChI is InChI=1S/C8H17NO/c1-4-8(10)9-6-5-7(2)3/h4,7,9-10H,5-6H2,1-3H3/b8-4+. The summed E-state index contributed by atoms with van der Waals surface area (Å²) in [5.41, 5.74) is 0. The number of hydrogen-bond donors (Lipinski definition) is 2. The van der Waals surface area contributed by atoms with Crippen molar-refractivity contribution in [3.63, 3.8) is 0 Å². The number of rotatable bonds is 4. The highest BCUT2D eigenvalue weighted by atomic mass is 16.3. The Bertz CT molecular complexity index is 108. The normalized spacial score (nSPS) is 12.2. The van der Waals surface area contributed by atoms with Crippen molar-refractivity contribution in [3.8, 4) is 0 Å². The van der Waals surface area contributed by atoms with Gasteiger partial charge in [0.25, 0.3) is 0 Å². The van der Waals surface area contributed by atoms with Crippen LogP contribution < -0.4 is 5.32 Å². The largest absolute Gasteiger partial charge is 0.495 e. The van der Waals surface area contributed by atoms with E-state index >= 15 is 0 Å². The van der Waals surface area contributed by atoms with Crippen LogP contribution >= 0.6 is 0 Å². The zero-order valence-electron chi connectivity index (χ0n) is 7.02. The second-order valence-corrected chi connectivity index (χ2v) is 2.78. The maximum atomic E-state index is 8.92. The molecule has 10 heavy (non-hydrogen) atoms. The molecule has 60 valence electrons. The van der Waals surface area contributed by atoms with Gasteiger partial charge in [-0.2, -0.15) is 0 Å². The van der Waals surface area contributed by atoms with E-state index in [0.717, 1.165) is 13.0 Å². The van der Waals surface area contributed by atoms with Crippen LogP contribution in [0.25, 0.3) is 0 Å². The fourth-order valence-corrected chi connectivity index (χ4v) is 0.591. The third-order valence-corrected chi connectivity index (χ3v) is 1.30. The summed E-state index contributed by atoms with van der Waals surface area (Å²) in [5, 5.41) is 11.8. The van der Waals surface area contributed by atoms with Crippen LogP contribution in [0, 0.1) is 5.92 Å². The Kier molecular flexibility index (Phi) is 4.81. The van der Waals surface area contributed by atoms with Gasteiger partial charge in [-0.1, -0.05) is 13.8 Å². The van der Waals surface area contributed by atoms with Crippen LogP contribution in [0.1, 0.15) is 27.2 Å². The monoisotopic (exact) mass is 143 g/mol. The smallest absolute Gasteiger partial charge is 0.179 e.